The van der Waals surface area contributed by atoms with E-state index in [2.05, 4.69) is 20.5 Å². The van der Waals surface area contributed by atoms with Gasteiger partial charge in [0.1, 0.15) is 11.2 Å². The molecule has 13 heteroatoms. The average molecular weight is 630 g/mol. The van der Waals surface area contributed by atoms with Crippen LogP contribution in [0.4, 0.5) is 22.1 Å². The molecule has 0 aliphatic carbocycles. The summed E-state index contributed by atoms with van der Waals surface area (Å²) in [6, 6.07) is 10.3. The van der Waals surface area contributed by atoms with Crippen molar-refractivity contribution < 1.29 is 28.5 Å². The SMILES string of the molecule is COc1ccc(NC(=O)Nc2ccc(-c3nc(N4CC5CCC(C4)O5)nc4c3C(=O)N(C3CCOCC3)CC(C)(C)O4)cc2)cn1. The third kappa shape index (κ3) is 6.29. The summed E-state index contributed by atoms with van der Waals surface area (Å²) in [7, 11) is 1.53. The highest BCUT2D eigenvalue weighted by Crippen LogP contribution is 2.39. The number of fused-ring (bicyclic) bond motifs is 3. The third-order valence-corrected chi connectivity index (χ3v) is 8.84. The minimum Gasteiger partial charge on any atom is -0.481 e. The number of nitrogens with zero attached hydrogens (tertiary/aromatic N) is 5. The number of urea groups is 1. The highest BCUT2D eigenvalue weighted by molar-refractivity contribution is 6.03. The largest absolute Gasteiger partial charge is 0.481 e. The lowest BCUT2D eigenvalue weighted by Gasteiger charge is -2.36. The van der Waals surface area contributed by atoms with Crippen LogP contribution in [0.5, 0.6) is 11.8 Å². The van der Waals surface area contributed by atoms with Crippen molar-refractivity contribution in [1.29, 1.82) is 0 Å². The molecule has 7 rings (SSSR count). The highest BCUT2D eigenvalue weighted by Gasteiger charge is 2.42. The van der Waals surface area contributed by atoms with E-state index in [1.807, 2.05) is 30.9 Å². The fraction of sp³-hybridized carbons (Fsp3) is 0.485. The summed E-state index contributed by atoms with van der Waals surface area (Å²) in [4.78, 5) is 45.3. The number of hydrogen-bond acceptors (Lipinski definition) is 10. The molecule has 2 aromatic heterocycles. The first-order valence-electron chi connectivity index (χ1n) is 15.8. The van der Waals surface area contributed by atoms with E-state index in [0.717, 1.165) is 25.7 Å². The van der Waals surface area contributed by atoms with Crippen molar-refractivity contribution in [1.82, 2.24) is 19.9 Å². The molecule has 3 saturated heterocycles. The zero-order valence-corrected chi connectivity index (χ0v) is 26.3. The minimum atomic E-state index is -0.674. The van der Waals surface area contributed by atoms with Crippen LogP contribution < -0.4 is 25.0 Å². The van der Waals surface area contributed by atoms with Gasteiger partial charge in [-0.3, -0.25) is 4.79 Å². The molecule has 242 valence electrons. The molecule has 2 unspecified atom stereocenters. The molecule has 2 N–H and O–H groups in total. The second kappa shape index (κ2) is 12.4. The van der Waals surface area contributed by atoms with Crippen molar-refractivity contribution in [3.63, 3.8) is 0 Å². The van der Waals surface area contributed by atoms with Crippen LogP contribution in [0.25, 0.3) is 11.3 Å². The van der Waals surface area contributed by atoms with Crippen LogP contribution in [0.2, 0.25) is 0 Å². The number of aromatic nitrogens is 3. The van der Waals surface area contributed by atoms with Crippen molar-refractivity contribution in [2.24, 2.45) is 0 Å². The molecule has 0 saturated carbocycles. The number of methoxy groups -OCH3 is 1. The van der Waals surface area contributed by atoms with Gasteiger partial charge in [-0.05, 0) is 57.7 Å². The van der Waals surface area contributed by atoms with E-state index in [4.69, 9.17) is 28.9 Å². The lowest BCUT2D eigenvalue weighted by Crippen LogP contribution is -2.49. The molecule has 13 nitrogen and oxygen atoms in total. The fourth-order valence-corrected chi connectivity index (χ4v) is 6.62. The number of hydrogen-bond donors (Lipinski definition) is 2. The van der Waals surface area contributed by atoms with Crippen LogP contribution in [0.15, 0.2) is 42.6 Å². The van der Waals surface area contributed by atoms with Crippen molar-refractivity contribution >= 4 is 29.3 Å². The number of anilines is 3. The normalized spacial score (nSPS) is 22.5. The van der Waals surface area contributed by atoms with Crippen molar-refractivity contribution in [2.75, 3.05) is 55.5 Å². The number of pyridine rings is 1. The van der Waals surface area contributed by atoms with E-state index >= 15 is 0 Å². The van der Waals surface area contributed by atoms with Gasteiger partial charge in [-0.25, -0.2) is 14.8 Å². The zero-order chi connectivity index (χ0) is 31.8. The van der Waals surface area contributed by atoms with Crippen LogP contribution in [0, 0.1) is 0 Å². The van der Waals surface area contributed by atoms with Gasteiger partial charge in [0.05, 0.1) is 43.4 Å². The van der Waals surface area contributed by atoms with Crippen LogP contribution in [-0.2, 0) is 9.47 Å². The third-order valence-electron chi connectivity index (χ3n) is 8.84. The first kappa shape index (κ1) is 30.2. The van der Waals surface area contributed by atoms with Crippen LogP contribution in [0.3, 0.4) is 0 Å². The molecule has 0 radical (unpaired) electrons. The molecular formula is C33H39N7O6. The molecule has 4 aliphatic heterocycles. The minimum absolute atomic E-state index is 0.0310. The Morgan fingerprint density at radius 1 is 0.957 bits per heavy atom. The van der Waals surface area contributed by atoms with Gasteiger partial charge in [-0.15, -0.1) is 0 Å². The van der Waals surface area contributed by atoms with Gasteiger partial charge >= 0.3 is 6.03 Å². The monoisotopic (exact) mass is 629 g/mol. The van der Waals surface area contributed by atoms with E-state index in [9.17, 15) is 9.59 Å². The van der Waals surface area contributed by atoms with E-state index in [1.165, 1.54) is 13.3 Å². The lowest BCUT2D eigenvalue weighted by atomic mass is 10.0. The topological polar surface area (TPSA) is 140 Å². The zero-order valence-electron chi connectivity index (χ0n) is 26.3. The summed E-state index contributed by atoms with van der Waals surface area (Å²) in [5, 5.41) is 5.60. The molecule has 3 fully saturated rings. The van der Waals surface area contributed by atoms with Gasteiger partial charge in [0.15, 0.2) is 0 Å². The second-order valence-electron chi connectivity index (χ2n) is 12.8. The Hall–Kier alpha value is -4.49. The maximum Gasteiger partial charge on any atom is 0.323 e. The predicted molar refractivity (Wildman–Crippen MR) is 171 cm³/mol. The van der Waals surface area contributed by atoms with Gasteiger partial charge in [0.25, 0.3) is 5.91 Å². The van der Waals surface area contributed by atoms with Crippen molar-refractivity contribution in [2.45, 2.75) is 63.4 Å². The number of carbonyl (C=O) groups excluding carboxylic acids is 2. The lowest BCUT2D eigenvalue weighted by molar-refractivity contribution is 0.00668. The van der Waals surface area contributed by atoms with Gasteiger partial charge in [0, 0.05) is 49.7 Å². The van der Waals surface area contributed by atoms with Gasteiger partial charge < -0.3 is 39.4 Å². The van der Waals surface area contributed by atoms with Crippen molar-refractivity contribution in [3.05, 3.63) is 48.2 Å². The summed E-state index contributed by atoms with van der Waals surface area (Å²) in [5.41, 5.74) is 1.98. The van der Waals surface area contributed by atoms with E-state index in [1.54, 1.807) is 24.3 Å². The summed E-state index contributed by atoms with van der Waals surface area (Å²) in [6.07, 6.45) is 5.34. The molecular weight excluding hydrogens is 590 g/mol. The van der Waals surface area contributed by atoms with Crippen LogP contribution >= 0.6 is 0 Å². The predicted octanol–water partition coefficient (Wildman–Crippen LogP) is 4.35. The maximum absolute atomic E-state index is 14.5. The summed E-state index contributed by atoms with van der Waals surface area (Å²) in [5.74, 6) is 1.12. The highest BCUT2D eigenvalue weighted by atomic mass is 16.5. The Labute approximate surface area is 267 Å². The molecule has 2 atom stereocenters. The van der Waals surface area contributed by atoms with Gasteiger partial charge in [-0.2, -0.15) is 4.98 Å². The first-order chi connectivity index (χ1) is 22.2. The second-order valence-corrected chi connectivity index (χ2v) is 12.8. The Morgan fingerprint density at radius 2 is 1.65 bits per heavy atom. The molecule has 3 amide bonds. The molecule has 6 heterocycles. The Bertz CT molecular complexity index is 1580. The van der Waals surface area contributed by atoms with Crippen molar-refractivity contribution in [3.8, 4) is 23.0 Å². The van der Waals surface area contributed by atoms with E-state index < -0.39 is 11.6 Å². The van der Waals surface area contributed by atoms with Gasteiger partial charge in [-0.1, -0.05) is 12.1 Å². The quantitative estimate of drug-likeness (QED) is 0.404. The number of ether oxygens (including phenoxy) is 4. The standard InChI is InChI=1S/C33H39N7O6/c1-33(2)19-40(23-12-14-44-15-13-23)30(41)27-28(37-31(38-29(27)46-33)39-17-24-9-10-25(18-39)45-24)20-4-6-21(7-5-20)35-32(42)36-22-8-11-26(43-3)34-16-22/h4-8,11,16,23-25H,9-10,12-15,17-19H2,1-3H3,(H2,35,36,42). The maximum atomic E-state index is 14.5. The number of nitrogens with one attached hydrogen (secondary N) is 2. The summed E-state index contributed by atoms with van der Waals surface area (Å²) >= 11 is 0. The smallest absolute Gasteiger partial charge is 0.323 e. The number of amides is 3. The summed E-state index contributed by atoms with van der Waals surface area (Å²) in [6.45, 7) is 6.99. The molecule has 2 bridgehead atoms. The average Bonchev–Trinajstić information content (AvgIpc) is 3.35. The summed E-state index contributed by atoms with van der Waals surface area (Å²) < 4.78 is 23.3. The van der Waals surface area contributed by atoms with E-state index in [-0.39, 0.29) is 30.0 Å². The number of benzene rings is 1. The molecule has 0 spiro atoms. The first-order valence-corrected chi connectivity index (χ1v) is 15.8. The van der Waals surface area contributed by atoms with Gasteiger partial charge in [0.2, 0.25) is 17.7 Å². The Kier molecular flexibility index (Phi) is 8.11. The fourth-order valence-electron chi connectivity index (χ4n) is 6.62. The van der Waals surface area contributed by atoms with Crippen LogP contribution in [0.1, 0.15) is 49.9 Å². The molecule has 1 aromatic carbocycles. The Morgan fingerprint density at radius 3 is 2.33 bits per heavy atom. The molecule has 3 aromatic rings. The molecule has 46 heavy (non-hydrogen) atoms. The Balaban J connectivity index is 1.22. The number of morpholine rings is 1. The molecule has 4 aliphatic rings. The number of rotatable bonds is 6. The van der Waals surface area contributed by atoms with Crippen LogP contribution in [-0.4, -0.2) is 95.6 Å². The van der Waals surface area contributed by atoms with E-state index in [0.29, 0.717) is 72.9 Å². The number of carbonyl (C=O) groups is 2.